The summed E-state index contributed by atoms with van der Waals surface area (Å²) in [7, 11) is 0.567. The van der Waals surface area contributed by atoms with Crippen molar-refractivity contribution in [1.82, 2.24) is 18.8 Å². The van der Waals surface area contributed by atoms with Gasteiger partial charge in [-0.1, -0.05) is 29.8 Å². The van der Waals surface area contributed by atoms with Gasteiger partial charge in [-0.05, 0) is 48.2 Å². The second kappa shape index (κ2) is 9.05. The number of nitrogens with one attached hydrogen (secondary N) is 1. The molecule has 1 saturated heterocycles. The number of benzene rings is 2. The summed E-state index contributed by atoms with van der Waals surface area (Å²) in [5.41, 5.74) is 1.55. The minimum absolute atomic E-state index is 0.175. The van der Waals surface area contributed by atoms with Gasteiger partial charge in [0.25, 0.3) is 5.56 Å². The minimum Gasteiger partial charge on any atom is -0.497 e. The molecule has 3 heterocycles. The Morgan fingerprint density at radius 3 is 2.49 bits per heavy atom. The molecule has 1 aliphatic carbocycles. The number of nitrogens with zero attached hydrogens (tertiary/aromatic N) is 4. The molecule has 8 nitrogen and oxygen atoms in total. The Morgan fingerprint density at radius 2 is 1.81 bits per heavy atom. The van der Waals surface area contributed by atoms with Gasteiger partial charge in [-0.15, -0.1) is 0 Å². The third kappa shape index (κ3) is 4.17. The highest BCUT2D eigenvalue weighted by Gasteiger charge is 2.57. The number of hydrogen-bond acceptors (Lipinski definition) is 7. The molecule has 0 spiro atoms. The lowest BCUT2D eigenvalue weighted by Crippen LogP contribution is -2.33. The van der Waals surface area contributed by atoms with E-state index >= 15 is 0 Å². The Kier molecular flexibility index (Phi) is 5.95. The number of halogens is 1. The van der Waals surface area contributed by atoms with Crippen molar-refractivity contribution in [3.63, 3.8) is 0 Å². The minimum atomic E-state index is -2.73. The number of methoxy groups -OCH3 is 1. The largest absolute Gasteiger partial charge is 0.497 e. The molecule has 1 aliphatic heterocycles. The Balaban J connectivity index is 1.18. The van der Waals surface area contributed by atoms with Crippen LogP contribution in [-0.4, -0.2) is 49.3 Å². The lowest BCUT2D eigenvalue weighted by molar-refractivity contribution is 0.414. The summed E-state index contributed by atoms with van der Waals surface area (Å²) in [6.45, 7) is 1.29. The van der Waals surface area contributed by atoms with Gasteiger partial charge in [0.15, 0.2) is 0 Å². The molecular formula is C26H24ClN5O3S2. The molecule has 1 N–H and O–H groups in total. The molecule has 3 unspecified atom stereocenters. The SMILES string of the molecule is COc1ccc(S(=O)(=S)N2CC3C(C2)C3Nc2ncc3cc(-c4ccccc4Cl)c(=O)n(C)c3n2)cc1. The van der Waals surface area contributed by atoms with E-state index in [2.05, 4.69) is 15.3 Å². The molecule has 37 heavy (non-hydrogen) atoms. The molecule has 11 heteroatoms. The first-order chi connectivity index (χ1) is 17.8. The zero-order valence-corrected chi connectivity index (χ0v) is 22.5. The molecule has 6 rings (SSSR count). The fraction of sp³-hybridized carbons (Fsp3) is 0.269. The average Bonchev–Trinajstić information content (AvgIpc) is 3.32. The fourth-order valence-corrected chi connectivity index (χ4v) is 7.58. The van der Waals surface area contributed by atoms with E-state index < -0.39 is 8.68 Å². The van der Waals surface area contributed by atoms with Gasteiger partial charge < -0.3 is 10.1 Å². The van der Waals surface area contributed by atoms with Crippen molar-refractivity contribution in [2.24, 2.45) is 18.9 Å². The first-order valence-corrected chi connectivity index (χ1v) is 14.6. The van der Waals surface area contributed by atoms with E-state index in [1.54, 1.807) is 56.8 Å². The Bertz CT molecular complexity index is 1680. The van der Waals surface area contributed by atoms with Crippen molar-refractivity contribution in [3.8, 4) is 16.9 Å². The van der Waals surface area contributed by atoms with Crippen LogP contribution in [-0.2, 0) is 26.9 Å². The predicted molar refractivity (Wildman–Crippen MR) is 148 cm³/mol. The van der Waals surface area contributed by atoms with Crippen LogP contribution >= 0.6 is 11.6 Å². The van der Waals surface area contributed by atoms with Crippen LogP contribution in [0.3, 0.4) is 0 Å². The summed E-state index contributed by atoms with van der Waals surface area (Å²) in [5, 5.41) is 4.67. The normalized spacial score (nSPS) is 22.4. The molecule has 2 aliphatic rings. The highest BCUT2D eigenvalue weighted by atomic mass is 35.5. The summed E-state index contributed by atoms with van der Waals surface area (Å²) in [6, 6.07) is 16.3. The maximum atomic E-state index is 13.4. The van der Waals surface area contributed by atoms with Gasteiger partial charge in [0.05, 0.1) is 12.0 Å². The van der Waals surface area contributed by atoms with Gasteiger partial charge in [0.1, 0.15) is 20.1 Å². The lowest BCUT2D eigenvalue weighted by atomic mass is 10.1. The summed E-state index contributed by atoms with van der Waals surface area (Å²) in [6.07, 6.45) is 1.72. The third-order valence-electron chi connectivity index (χ3n) is 7.27. The van der Waals surface area contributed by atoms with Crippen molar-refractivity contribution in [2.45, 2.75) is 10.9 Å². The van der Waals surface area contributed by atoms with Crippen LogP contribution < -0.4 is 15.6 Å². The topological polar surface area (TPSA) is 89.4 Å². The van der Waals surface area contributed by atoms with Crippen LogP contribution in [0.25, 0.3) is 22.2 Å². The lowest BCUT2D eigenvalue weighted by Gasteiger charge is -2.22. The van der Waals surface area contributed by atoms with Gasteiger partial charge in [0.2, 0.25) is 5.95 Å². The first-order valence-electron chi connectivity index (χ1n) is 11.8. The van der Waals surface area contributed by atoms with Crippen molar-refractivity contribution < 1.29 is 8.95 Å². The van der Waals surface area contributed by atoms with Crippen molar-refractivity contribution in [3.05, 3.63) is 76.2 Å². The van der Waals surface area contributed by atoms with E-state index in [0.29, 0.717) is 63.3 Å². The van der Waals surface area contributed by atoms with Crippen molar-refractivity contribution in [1.29, 1.82) is 0 Å². The molecule has 0 amide bonds. The number of ether oxygens (including phenoxy) is 1. The number of aromatic nitrogens is 3. The van der Waals surface area contributed by atoms with Gasteiger partial charge in [-0.25, -0.2) is 13.5 Å². The number of piperidine rings is 1. The molecule has 2 fully saturated rings. The van der Waals surface area contributed by atoms with Crippen molar-refractivity contribution >= 4 is 48.4 Å². The zero-order valence-electron chi connectivity index (χ0n) is 20.1. The van der Waals surface area contributed by atoms with E-state index in [4.69, 9.17) is 27.5 Å². The summed E-state index contributed by atoms with van der Waals surface area (Å²) in [5.74, 6) is 1.80. The van der Waals surface area contributed by atoms with Crippen LogP contribution in [0.5, 0.6) is 5.75 Å². The summed E-state index contributed by atoms with van der Waals surface area (Å²) in [4.78, 5) is 22.9. The number of anilines is 1. The number of pyridine rings is 1. The Hall–Kier alpha value is -3.05. The second-order valence-corrected chi connectivity index (χ2v) is 13.1. The Labute approximate surface area is 224 Å². The van der Waals surface area contributed by atoms with E-state index in [1.165, 1.54) is 4.57 Å². The monoisotopic (exact) mass is 553 g/mol. The van der Waals surface area contributed by atoms with E-state index in [1.807, 2.05) is 22.5 Å². The molecule has 3 atom stereocenters. The molecule has 190 valence electrons. The number of rotatable bonds is 6. The molecule has 4 aromatic rings. The molecular weight excluding hydrogens is 530 g/mol. The molecule has 0 bridgehead atoms. The quantitative estimate of drug-likeness (QED) is 0.389. The van der Waals surface area contributed by atoms with Crippen LogP contribution in [0.1, 0.15) is 0 Å². The van der Waals surface area contributed by atoms with Crippen LogP contribution in [0, 0.1) is 11.8 Å². The summed E-state index contributed by atoms with van der Waals surface area (Å²) < 4.78 is 22.0. The van der Waals surface area contributed by atoms with Gasteiger partial charge in [-0.2, -0.15) is 4.98 Å². The zero-order chi connectivity index (χ0) is 25.9. The molecule has 0 radical (unpaired) electrons. The highest BCUT2D eigenvalue weighted by molar-refractivity contribution is 8.31. The second-order valence-electron chi connectivity index (χ2n) is 9.37. The highest BCUT2D eigenvalue weighted by Crippen LogP contribution is 2.48. The van der Waals surface area contributed by atoms with Crippen molar-refractivity contribution in [2.75, 3.05) is 25.5 Å². The molecule has 2 aromatic carbocycles. The molecule has 2 aromatic heterocycles. The van der Waals surface area contributed by atoms with E-state index in [9.17, 15) is 9.00 Å². The predicted octanol–water partition coefficient (Wildman–Crippen LogP) is 3.72. The van der Waals surface area contributed by atoms with Crippen LogP contribution in [0.4, 0.5) is 5.95 Å². The van der Waals surface area contributed by atoms with E-state index in [-0.39, 0.29) is 11.6 Å². The fourth-order valence-electron chi connectivity index (χ4n) is 5.13. The van der Waals surface area contributed by atoms with Gasteiger partial charge in [-0.3, -0.25) is 9.36 Å². The maximum absolute atomic E-state index is 13.4. The standard InChI is InChI=1S/C26H24ClN5O3S2/c1-31-24-15(11-19(25(31)33)18-5-3-4-6-22(18)27)12-28-26(30-24)29-23-20-13-32(14-21(20)23)37(34,36)17-9-7-16(35-2)8-10-17/h3-12,20-21,23H,13-14H2,1-2H3,(H,28,29,30). The number of hydrogen-bond donors (Lipinski definition) is 1. The Morgan fingerprint density at radius 1 is 1.11 bits per heavy atom. The third-order valence-corrected chi connectivity index (χ3v) is 10.7. The van der Waals surface area contributed by atoms with Crippen LogP contribution in [0.15, 0.2) is 70.5 Å². The van der Waals surface area contributed by atoms with Gasteiger partial charge >= 0.3 is 0 Å². The number of fused-ring (bicyclic) bond motifs is 2. The van der Waals surface area contributed by atoms with Crippen LogP contribution in [0.2, 0.25) is 5.02 Å². The maximum Gasteiger partial charge on any atom is 0.259 e. The average molecular weight is 554 g/mol. The molecule has 1 saturated carbocycles. The smallest absolute Gasteiger partial charge is 0.259 e. The number of aryl methyl sites for hydroxylation is 1. The van der Waals surface area contributed by atoms with Gasteiger partial charge in [0, 0.05) is 65.1 Å². The van der Waals surface area contributed by atoms with E-state index in [0.717, 1.165) is 5.39 Å². The summed E-state index contributed by atoms with van der Waals surface area (Å²) >= 11 is 11.9. The first kappa shape index (κ1) is 24.3.